The lowest BCUT2D eigenvalue weighted by Gasteiger charge is -2.05. The first-order chi connectivity index (χ1) is 10.6. The second-order valence-corrected chi connectivity index (χ2v) is 5.79. The number of hydrogen-bond donors (Lipinski definition) is 1. The van der Waals surface area contributed by atoms with Crippen LogP contribution in [0, 0.1) is 11.3 Å². The van der Waals surface area contributed by atoms with Crippen LogP contribution in [0.5, 0.6) is 0 Å². The molecule has 0 aromatic carbocycles. The van der Waals surface area contributed by atoms with Crippen LogP contribution in [0.25, 0.3) is 10.9 Å². The third-order valence-electron chi connectivity index (χ3n) is 3.22. The summed E-state index contributed by atoms with van der Waals surface area (Å²) in [6.45, 7) is 2.31. The molecule has 8 heteroatoms. The molecule has 0 aliphatic carbocycles. The van der Waals surface area contributed by atoms with Crippen LogP contribution in [-0.4, -0.2) is 19.7 Å². The molecule has 0 aliphatic rings. The number of aromatic nitrogens is 4. The Morgan fingerprint density at radius 1 is 1.36 bits per heavy atom. The average Bonchev–Trinajstić information content (AvgIpc) is 2.97. The van der Waals surface area contributed by atoms with Gasteiger partial charge < -0.3 is 9.55 Å². The third kappa shape index (κ3) is 2.42. The molecular weight excluding hydrogens is 302 g/mol. The van der Waals surface area contributed by atoms with Gasteiger partial charge in [0.1, 0.15) is 21.6 Å². The summed E-state index contributed by atoms with van der Waals surface area (Å²) in [4.78, 5) is 26.6. The van der Waals surface area contributed by atoms with Crippen LogP contribution in [0.4, 0.5) is 0 Å². The lowest BCUT2D eigenvalue weighted by atomic mass is 10.2. The fourth-order valence-electron chi connectivity index (χ4n) is 2.09. The lowest BCUT2D eigenvalue weighted by Crippen LogP contribution is -2.22. The highest BCUT2D eigenvalue weighted by Gasteiger charge is 2.09. The fraction of sp³-hybridized carbons (Fsp3) is 0.214. The number of rotatable bonds is 3. The van der Waals surface area contributed by atoms with Crippen molar-refractivity contribution in [2.75, 3.05) is 0 Å². The number of pyridine rings is 2. The Labute approximate surface area is 128 Å². The molecule has 110 valence electrons. The summed E-state index contributed by atoms with van der Waals surface area (Å²) in [5.74, 6) is 0. The van der Waals surface area contributed by atoms with E-state index in [2.05, 4.69) is 15.2 Å². The summed E-state index contributed by atoms with van der Waals surface area (Å²) in [5.41, 5.74) is -0.439. The van der Waals surface area contributed by atoms with Gasteiger partial charge in [0.05, 0.1) is 17.4 Å². The number of aromatic amines is 1. The van der Waals surface area contributed by atoms with Crippen molar-refractivity contribution in [3.8, 4) is 6.07 Å². The molecule has 0 radical (unpaired) electrons. The maximum Gasteiger partial charge on any atom is 0.266 e. The highest BCUT2D eigenvalue weighted by Crippen LogP contribution is 2.12. The molecular formula is C14H11N5O2S. The average molecular weight is 313 g/mol. The molecule has 0 aliphatic heterocycles. The predicted molar refractivity (Wildman–Crippen MR) is 81.9 cm³/mol. The van der Waals surface area contributed by atoms with Gasteiger partial charge in [-0.25, -0.2) is 0 Å². The predicted octanol–water partition coefficient (Wildman–Crippen LogP) is 1.02. The Kier molecular flexibility index (Phi) is 3.56. The quantitative estimate of drug-likeness (QED) is 0.777. The van der Waals surface area contributed by atoms with Gasteiger partial charge in [-0.15, -0.1) is 10.2 Å². The minimum Gasteiger partial charge on any atom is -0.321 e. The largest absolute Gasteiger partial charge is 0.321 e. The molecule has 0 amide bonds. The first-order valence-electron chi connectivity index (χ1n) is 6.60. The molecule has 1 N–H and O–H groups in total. The van der Waals surface area contributed by atoms with E-state index in [1.807, 2.05) is 6.92 Å². The lowest BCUT2D eigenvalue weighted by molar-refractivity contribution is 0.749. The third-order valence-corrected chi connectivity index (χ3v) is 4.27. The van der Waals surface area contributed by atoms with Gasteiger partial charge in [0, 0.05) is 6.20 Å². The molecule has 3 aromatic heterocycles. The molecule has 22 heavy (non-hydrogen) atoms. The van der Waals surface area contributed by atoms with Crippen molar-refractivity contribution < 1.29 is 0 Å². The van der Waals surface area contributed by atoms with E-state index in [-0.39, 0.29) is 11.1 Å². The van der Waals surface area contributed by atoms with Crippen molar-refractivity contribution in [3.63, 3.8) is 0 Å². The highest BCUT2D eigenvalue weighted by atomic mass is 32.1. The zero-order chi connectivity index (χ0) is 15.7. The number of aryl methyl sites for hydroxylation is 1. The van der Waals surface area contributed by atoms with Gasteiger partial charge in [0.2, 0.25) is 0 Å². The number of fused-ring (bicyclic) bond motifs is 1. The maximum atomic E-state index is 12.5. The van der Waals surface area contributed by atoms with Crippen molar-refractivity contribution in [1.29, 1.82) is 5.26 Å². The second-order valence-electron chi connectivity index (χ2n) is 4.64. The summed E-state index contributed by atoms with van der Waals surface area (Å²) >= 11 is 1.46. The zero-order valence-electron chi connectivity index (χ0n) is 11.7. The van der Waals surface area contributed by atoms with Gasteiger partial charge in [0.15, 0.2) is 0 Å². The first kappa shape index (κ1) is 14.2. The standard InChI is InChI=1S/C14H11N5O2S/c1-2-11-17-18-12(22-11)7-19-4-3-10-9(14(19)21)5-8(6-15)13(20)16-10/h3-5H,2,7H2,1H3,(H,16,20). The molecule has 0 fully saturated rings. The SMILES string of the molecule is CCc1nnc(Cn2ccc3[nH]c(=O)c(C#N)cc3c2=O)s1. The molecule has 0 saturated carbocycles. The normalized spacial score (nSPS) is 10.7. The van der Waals surface area contributed by atoms with Gasteiger partial charge in [-0.1, -0.05) is 18.3 Å². The number of nitrogens with zero attached hydrogens (tertiary/aromatic N) is 4. The van der Waals surface area contributed by atoms with Crippen LogP contribution in [0.3, 0.4) is 0 Å². The molecule has 3 aromatic rings. The molecule has 3 heterocycles. The van der Waals surface area contributed by atoms with Crippen LogP contribution in [0.2, 0.25) is 0 Å². The van der Waals surface area contributed by atoms with E-state index < -0.39 is 5.56 Å². The van der Waals surface area contributed by atoms with E-state index in [0.717, 1.165) is 16.4 Å². The van der Waals surface area contributed by atoms with Gasteiger partial charge in [-0.3, -0.25) is 9.59 Å². The summed E-state index contributed by atoms with van der Waals surface area (Å²) in [5, 5.41) is 18.9. The smallest absolute Gasteiger partial charge is 0.266 e. The number of hydrogen-bond acceptors (Lipinski definition) is 6. The van der Waals surface area contributed by atoms with Crippen LogP contribution in [-0.2, 0) is 13.0 Å². The van der Waals surface area contributed by atoms with Crippen molar-refractivity contribution >= 4 is 22.2 Å². The molecule has 0 saturated heterocycles. The van der Waals surface area contributed by atoms with Crippen LogP contribution in [0.1, 0.15) is 22.5 Å². The van der Waals surface area contributed by atoms with E-state index in [4.69, 9.17) is 5.26 Å². The Hall–Kier alpha value is -2.79. The highest BCUT2D eigenvalue weighted by molar-refractivity contribution is 7.11. The van der Waals surface area contributed by atoms with Crippen LogP contribution >= 0.6 is 11.3 Å². The summed E-state index contributed by atoms with van der Waals surface area (Å²) in [6, 6.07) is 4.75. The summed E-state index contributed by atoms with van der Waals surface area (Å²) in [6.07, 6.45) is 2.40. The van der Waals surface area contributed by atoms with Gasteiger partial charge >= 0.3 is 0 Å². The second kappa shape index (κ2) is 5.54. The Balaban J connectivity index is 2.10. The Morgan fingerprint density at radius 2 is 2.14 bits per heavy atom. The molecule has 3 rings (SSSR count). The van der Waals surface area contributed by atoms with Gasteiger partial charge in [0.25, 0.3) is 11.1 Å². The molecule has 0 atom stereocenters. The van der Waals surface area contributed by atoms with Crippen molar-refractivity contribution in [2.45, 2.75) is 19.9 Å². The number of H-pyrrole nitrogens is 1. The van der Waals surface area contributed by atoms with Crippen LogP contribution < -0.4 is 11.1 Å². The van der Waals surface area contributed by atoms with E-state index in [9.17, 15) is 9.59 Å². The fourth-order valence-corrected chi connectivity index (χ4v) is 2.87. The van der Waals surface area contributed by atoms with Crippen LogP contribution in [0.15, 0.2) is 27.9 Å². The molecule has 0 unspecified atom stereocenters. The van der Waals surface area contributed by atoms with E-state index >= 15 is 0 Å². The topological polar surface area (TPSA) is 104 Å². The van der Waals surface area contributed by atoms with Gasteiger partial charge in [-0.05, 0) is 18.6 Å². The number of nitriles is 1. The molecule has 7 nitrogen and oxygen atoms in total. The number of nitrogens with one attached hydrogen (secondary N) is 1. The minimum absolute atomic E-state index is 0.0773. The summed E-state index contributed by atoms with van der Waals surface area (Å²) in [7, 11) is 0. The van der Waals surface area contributed by atoms with Crippen molar-refractivity contribution in [2.24, 2.45) is 0 Å². The monoisotopic (exact) mass is 313 g/mol. The van der Waals surface area contributed by atoms with E-state index in [0.29, 0.717) is 17.4 Å². The molecule has 0 spiro atoms. The minimum atomic E-state index is -0.496. The van der Waals surface area contributed by atoms with E-state index in [1.165, 1.54) is 22.0 Å². The summed E-state index contributed by atoms with van der Waals surface area (Å²) < 4.78 is 1.49. The maximum absolute atomic E-state index is 12.5. The van der Waals surface area contributed by atoms with E-state index in [1.54, 1.807) is 18.3 Å². The Bertz CT molecular complexity index is 1010. The first-order valence-corrected chi connectivity index (χ1v) is 7.42. The zero-order valence-corrected chi connectivity index (χ0v) is 12.5. The van der Waals surface area contributed by atoms with Crippen molar-refractivity contribution in [1.82, 2.24) is 19.7 Å². The van der Waals surface area contributed by atoms with Gasteiger partial charge in [-0.2, -0.15) is 5.26 Å². The van der Waals surface area contributed by atoms with Crippen molar-refractivity contribution in [3.05, 3.63) is 54.6 Å². The molecule has 0 bridgehead atoms. The Morgan fingerprint density at radius 3 is 2.82 bits per heavy atom.